The first-order valence-electron chi connectivity index (χ1n) is 9.18. The Kier molecular flexibility index (Phi) is 5.66. The minimum atomic E-state index is -0.755. The summed E-state index contributed by atoms with van der Waals surface area (Å²) in [6.45, 7) is 0. The van der Waals surface area contributed by atoms with Gasteiger partial charge in [-0.2, -0.15) is 5.26 Å². The number of hydrogen-bond donors (Lipinski definition) is 0. The van der Waals surface area contributed by atoms with Crippen molar-refractivity contribution in [1.29, 1.82) is 5.26 Å². The van der Waals surface area contributed by atoms with Gasteiger partial charge in [0.2, 0.25) is 0 Å². The Bertz CT molecular complexity index is 615. The largest absolute Gasteiger partial charge is 0.204 e. The lowest BCUT2D eigenvalue weighted by atomic mass is 9.68. The van der Waals surface area contributed by atoms with Crippen molar-refractivity contribution >= 4 is 0 Å². The maximum atomic E-state index is 13.4. The first-order chi connectivity index (χ1) is 11.7. The summed E-state index contributed by atoms with van der Waals surface area (Å²) in [5.74, 6) is 1.08. The van der Waals surface area contributed by atoms with E-state index in [0.29, 0.717) is 11.8 Å². The predicted molar refractivity (Wildman–Crippen MR) is 91.3 cm³/mol. The maximum absolute atomic E-state index is 13.4. The smallest absolute Gasteiger partial charge is 0.159 e. The molecular formula is C21H25F2N. The number of nitrogens with zero attached hydrogens (tertiary/aromatic N) is 1. The highest BCUT2D eigenvalue weighted by Gasteiger charge is 2.30. The van der Waals surface area contributed by atoms with Gasteiger partial charge in [-0.15, -0.1) is 0 Å². The third-order valence-electron chi connectivity index (χ3n) is 6.11. The Morgan fingerprint density at radius 3 is 2.08 bits per heavy atom. The van der Waals surface area contributed by atoms with Crippen molar-refractivity contribution in [2.75, 3.05) is 0 Å². The molecule has 0 radical (unpaired) electrons. The van der Waals surface area contributed by atoms with Crippen molar-refractivity contribution in [2.45, 2.75) is 57.3 Å². The molecule has 2 aliphatic rings. The van der Waals surface area contributed by atoms with Crippen LogP contribution < -0.4 is 0 Å². The molecule has 2 aliphatic carbocycles. The predicted octanol–water partition coefficient (Wildman–Crippen LogP) is 6.12. The fourth-order valence-electron chi connectivity index (χ4n) is 4.68. The first kappa shape index (κ1) is 17.1. The second-order valence-electron chi connectivity index (χ2n) is 7.45. The Balaban J connectivity index is 1.50. The molecule has 24 heavy (non-hydrogen) atoms. The van der Waals surface area contributed by atoms with Crippen LogP contribution in [0.25, 0.3) is 0 Å². The number of allylic oxidation sites excluding steroid dienone is 2. The second kappa shape index (κ2) is 7.92. The van der Waals surface area contributed by atoms with Crippen LogP contribution in [0.2, 0.25) is 0 Å². The molecule has 1 nitrogen and oxygen atoms in total. The zero-order valence-corrected chi connectivity index (χ0v) is 14.1. The molecule has 0 amide bonds. The molecule has 0 atom stereocenters. The van der Waals surface area contributed by atoms with Gasteiger partial charge in [-0.1, -0.05) is 12.1 Å². The van der Waals surface area contributed by atoms with Gasteiger partial charge in [-0.25, -0.2) is 8.78 Å². The normalized spacial score (nSPS) is 31.0. The molecule has 1 aromatic rings. The van der Waals surface area contributed by atoms with E-state index >= 15 is 0 Å². The molecule has 3 rings (SSSR count). The fraction of sp³-hybridized carbons (Fsp3) is 0.571. The van der Waals surface area contributed by atoms with Crippen LogP contribution in [-0.2, 0) is 0 Å². The number of nitriles is 1. The van der Waals surface area contributed by atoms with E-state index in [1.807, 2.05) is 0 Å². The van der Waals surface area contributed by atoms with Crippen LogP contribution in [0.1, 0.15) is 62.8 Å². The Morgan fingerprint density at radius 1 is 0.875 bits per heavy atom. The quantitative estimate of drug-likeness (QED) is 0.612. The lowest BCUT2D eigenvalue weighted by Crippen LogP contribution is -2.25. The highest BCUT2D eigenvalue weighted by atomic mass is 19.2. The summed E-state index contributed by atoms with van der Waals surface area (Å²) in [5.41, 5.74) is 0.956. The van der Waals surface area contributed by atoms with Crippen molar-refractivity contribution in [3.8, 4) is 6.07 Å². The molecule has 3 heteroatoms. The second-order valence-corrected chi connectivity index (χ2v) is 7.45. The van der Waals surface area contributed by atoms with Crippen molar-refractivity contribution in [1.82, 2.24) is 0 Å². The molecule has 0 saturated heterocycles. The highest BCUT2D eigenvalue weighted by molar-refractivity contribution is 5.22. The van der Waals surface area contributed by atoms with Crippen LogP contribution in [0, 0.1) is 40.7 Å². The van der Waals surface area contributed by atoms with Crippen molar-refractivity contribution in [3.63, 3.8) is 0 Å². The average Bonchev–Trinajstić information content (AvgIpc) is 2.63. The third-order valence-corrected chi connectivity index (χ3v) is 6.11. The van der Waals surface area contributed by atoms with E-state index in [4.69, 9.17) is 5.26 Å². The molecule has 2 saturated carbocycles. The standard InChI is InChI=1S/C21H25F2N/c22-20-12-11-19(14-21(20)23)18-9-7-17(8-10-18)16-5-3-15(4-6-16)2-1-13-24/h1-2,11-12,14-18H,3-10H2. The molecule has 0 heterocycles. The average molecular weight is 329 g/mol. The zero-order chi connectivity index (χ0) is 16.9. The van der Waals surface area contributed by atoms with Crippen LogP contribution in [0.4, 0.5) is 8.78 Å². The van der Waals surface area contributed by atoms with Gasteiger partial charge in [0.15, 0.2) is 11.6 Å². The molecule has 0 bridgehead atoms. The van der Waals surface area contributed by atoms with E-state index < -0.39 is 11.6 Å². The van der Waals surface area contributed by atoms with Gasteiger partial charge in [0.25, 0.3) is 0 Å². The number of halogens is 2. The maximum Gasteiger partial charge on any atom is 0.159 e. The molecular weight excluding hydrogens is 304 g/mol. The van der Waals surface area contributed by atoms with E-state index in [2.05, 4.69) is 12.1 Å². The summed E-state index contributed by atoms with van der Waals surface area (Å²) < 4.78 is 26.5. The molecule has 0 spiro atoms. The summed E-state index contributed by atoms with van der Waals surface area (Å²) in [5, 5.41) is 8.62. The van der Waals surface area contributed by atoms with Crippen molar-refractivity contribution < 1.29 is 8.78 Å². The lowest BCUT2D eigenvalue weighted by molar-refractivity contribution is 0.171. The first-order valence-corrected chi connectivity index (χ1v) is 9.18. The van der Waals surface area contributed by atoms with Crippen molar-refractivity contribution in [3.05, 3.63) is 47.5 Å². The van der Waals surface area contributed by atoms with Gasteiger partial charge in [0.05, 0.1) is 6.07 Å². The number of hydrogen-bond acceptors (Lipinski definition) is 1. The topological polar surface area (TPSA) is 23.8 Å². The van der Waals surface area contributed by atoms with Gasteiger partial charge in [0.1, 0.15) is 0 Å². The van der Waals surface area contributed by atoms with Gasteiger partial charge in [-0.3, -0.25) is 0 Å². The van der Waals surface area contributed by atoms with E-state index in [9.17, 15) is 8.78 Å². The van der Waals surface area contributed by atoms with Crippen LogP contribution in [-0.4, -0.2) is 0 Å². The van der Waals surface area contributed by atoms with E-state index in [-0.39, 0.29) is 0 Å². The van der Waals surface area contributed by atoms with Crippen LogP contribution >= 0.6 is 0 Å². The van der Waals surface area contributed by atoms with E-state index in [1.54, 1.807) is 12.1 Å². The minimum absolute atomic E-state index is 0.381. The number of benzene rings is 1. The summed E-state index contributed by atoms with van der Waals surface area (Å²) in [4.78, 5) is 0. The SMILES string of the molecule is N#CC=CC1CCC(C2CCC(c3ccc(F)c(F)c3)CC2)CC1. The van der Waals surface area contributed by atoms with Crippen LogP contribution in [0.3, 0.4) is 0 Å². The van der Waals surface area contributed by atoms with Crippen LogP contribution in [0.5, 0.6) is 0 Å². The molecule has 0 aliphatic heterocycles. The van der Waals surface area contributed by atoms with E-state index in [1.165, 1.54) is 50.7 Å². The highest BCUT2D eigenvalue weighted by Crippen LogP contribution is 2.44. The molecule has 0 aromatic heterocycles. The summed E-state index contributed by atoms with van der Waals surface area (Å²) >= 11 is 0. The van der Waals surface area contributed by atoms with Gasteiger partial charge in [0, 0.05) is 6.08 Å². The molecule has 0 unspecified atom stereocenters. The van der Waals surface area contributed by atoms with Gasteiger partial charge >= 0.3 is 0 Å². The zero-order valence-electron chi connectivity index (χ0n) is 14.1. The summed E-state index contributed by atoms with van der Waals surface area (Å²) in [7, 11) is 0. The molecule has 128 valence electrons. The Labute approximate surface area is 143 Å². The van der Waals surface area contributed by atoms with E-state index in [0.717, 1.165) is 30.2 Å². The monoisotopic (exact) mass is 329 g/mol. The Hall–Kier alpha value is -1.69. The lowest BCUT2D eigenvalue weighted by Gasteiger charge is -2.37. The fourth-order valence-corrected chi connectivity index (χ4v) is 4.68. The summed E-state index contributed by atoms with van der Waals surface area (Å²) in [6.07, 6.45) is 13.2. The molecule has 0 N–H and O–H groups in total. The third kappa shape index (κ3) is 4.04. The minimum Gasteiger partial charge on any atom is -0.204 e. The van der Waals surface area contributed by atoms with Crippen molar-refractivity contribution in [2.24, 2.45) is 17.8 Å². The summed E-state index contributed by atoms with van der Waals surface area (Å²) in [6, 6.07) is 6.47. The van der Waals surface area contributed by atoms with Gasteiger partial charge < -0.3 is 0 Å². The molecule has 1 aromatic carbocycles. The van der Waals surface area contributed by atoms with Gasteiger partial charge in [-0.05, 0) is 92.7 Å². The number of rotatable bonds is 3. The molecule has 2 fully saturated rings. The van der Waals surface area contributed by atoms with Crippen LogP contribution in [0.15, 0.2) is 30.4 Å². The Morgan fingerprint density at radius 2 is 1.50 bits per heavy atom.